The van der Waals surface area contributed by atoms with E-state index in [2.05, 4.69) is 9.82 Å². The van der Waals surface area contributed by atoms with Crippen LogP contribution in [0, 0.1) is 0 Å². The van der Waals surface area contributed by atoms with E-state index < -0.39 is 16.1 Å². The number of thiophene rings is 1. The van der Waals surface area contributed by atoms with Crippen molar-refractivity contribution in [2.45, 2.75) is 11.0 Å². The Morgan fingerprint density at radius 2 is 2.26 bits per heavy atom. The first kappa shape index (κ1) is 15.9. The Bertz CT molecular complexity index is 881. The summed E-state index contributed by atoms with van der Waals surface area (Å²) in [7, 11) is -2.08. The van der Waals surface area contributed by atoms with E-state index in [-0.39, 0.29) is 11.4 Å². The first-order valence-electron chi connectivity index (χ1n) is 6.74. The van der Waals surface area contributed by atoms with Crippen molar-refractivity contribution in [1.29, 1.82) is 0 Å². The molecule has 0 radical (unpaired) electrons. The van der Waals surface area contributed by atoms with Crippen LogP contribution in [0.2, 0.25) is 0 Å². The lowest BCUT2D eigenvalue weighted by molar-refractivity contribution is 0.155. The van der Waals surface area contributed by atoms with Gasteiger partial charge < -0.3 is 9.52 Å². The lowest BCUT2D eigenvalue weighted by atomic mass is 10.2. The lowest BCUT2D eigenvalue weighted by Crippen LogP contribution is -2.28. The van der Waals surface area contributed by atoms with E-state index in [4.69, 9.17) is 4.42 Å². The minimum Gasteiger partial charge on any atom is -0.458 e. The van der Waals surface area contributed by atoms with Crippen molar-refractivity contribution in [3.63, 3.8) is 0 Å². The van der Waals surface area contributed by atoms with Crippen LogP contribution < -0.4 is 4.72 Å². The average Bonchev–Trinajstić information content (AvgIpc) is 3.24. The normalized spacial score (nSPS) is 13.3. The molecule has 0 spiro atoms. The van der Waals surface area contributed by atoms with Gasteiger partial charge in [0.05, 0.1) is 6.20 Å². The van der Waals surface area contributed by atoms with E-state index in [0.29, 0.717) is 11.5 Å². The van der Waals surface area contributed by atoms with Crippen molar-refractivity contribution in [3.05, 3.63) is 47.1 Å². The number of aliphatic hydroxyl groups is 1. The molecular weight excluding hydrogens is 338 g/mol. The van der Waals surface area contributed by atoms with Crippen LogP contribution in [0.5, 0.6) is 0 Å². The Morgan fingerprint density at radius 1 is 1.43 bits per heavy atom. The summed E-state index contributed by atoms with van der Waals surface area (Å²) in [6.45, 7) is -0.187. The van der Waals surface area contributed by atoms with Gasteiger partial charge in [-0.2, -0.15) is 16.4 Å². The molecule has 0 aromatic carbocycles. The Balaban J connectivity index is 1.67. The molecule has 0 saturated heterocycles. The van der Waals surface area contributed by atoms with E-state index in [1.54, 1.807) is 30.5 Å². The van der Waals surface area contributed by atoms with Gasteiger partial charge in [0, 0.05) is 30.7 Å². The number of nitrogens with one attached hydrogen (secondary N) is 1. The molecule has 0 aliphatic heterocycles. The van der Waals surface area contributed by atoms with E-state index >= 15 is 0 Å². The van der Waals surface area contributed by atoms with Crippen LogP contribution in [0.15, 0.2) is 50.7 Å². The molecule has 122 valence electrons. The third-order valence-electron chi connectivity index (χ3n) is 3.22. The van der Waals surface area contributed by atoms with Gasteiger partial charge in [0.25, 0.3) is 0 Å². The molecule has 7 nitrogen and oxygen atoms in total. The molecule has 0 aliphatic carbocycles. The molecule has 9 heteroatoms. The van der Waals surface area contributed by atoms with Crippen LogP contribution in [0.4, 0.5) is 0 Å². The van der Waals surface area contributed by atoms with Crippen LogP contribution in [0.1, 0.15) is 11.9 Å². The number of aryl methyl sites for hydroxylation is 1. The number of aromatic nitrogens is 2. The largest absolute Gasteiger partial charge is 0.458 e. The number of hydrogen-bond acceptors (Lipinski definition) is 6. The van der Waals surface area contributed by atoms with Crippen LogP contribution in [0.3, 0.4) is 0 Å². The molecule has 0 fully saturated rings. The van der Waals surface area contributed by atoms with Crippen molar-refractivity contribution in [2.24, 2.45) is 7.05 Å². The van der Waals surface area contributed by atoms with E-state index in [0.717, 1.165) is 5.56 Å². The minimum atomic E-state index is -3.71. The lowest BCUT2D eigenvalue weighted by Gasteiger charge is -2.09. The van der Waals surface area contributed by atoms with Crippen molar-refractivity contribution in [1.82, 2.24) is 14.5 Å². The van der Waals surface area contributed by atoms with Gasteiger partial charge >= 0.3 is 0 Å². The van der Waals surface area contributed by atoms with Crippen LogP contribution >= 0.6 is 11.3 Å². The van der Waals surface area contributed by atoms with Gasteiger partial charge in [0.1, 0.15) is 22.5 Å². The standard InChI is InChI=1S/C14H15N3O4S2/c1-17-8-11(6-15-17)23(19,20)16-7-12(18)14-3-2-13(21-14)10-4-5-22-9-10/h2-6,8-9,12,16,18H,7H2,1H3/t12-/m1/s1. The summed E-state index contributed by atoms with van der Waals surface area (Å²) < 4.78 is 33.4. The van der Waals surface area contributed by atoms with Gasteiger partial charge in [0.15, 0.2) is 0 Å². The second-order valence-corrected chi connectivity index (χ2v) is 7.48. The number of hydrogen-bond donors (Lipinski definition) is 2. The quantitative estimate of drug-likeness (QED) is 0.704. The minimum absolute atomic E-state index is 0.0469. The zero-order valence-electron chi connectivity index (χ0n) is 12.2. The fourth-order valence-corrected chi connectivity index (χ4v) is 3.67. The van der Waals surface area contributed by atoms with Crippen LogP contribution in [-0.2, 0) is 17.1 Å². The fourth-order valence-electron chi connectivity index (χ4n) is 2.00. The van der Waals surface area contributed by atoms with E-state index in [1.807, 2.05) is 16.8 Å². The molecule has 23 heavy (non-hydrogen) atoms. The van der Waals surface area contributed by atoms with Gasteiger partial charge in [-0.25, -0.2) is 13.1 Å². The summed E-state index contributed by atoms with van der Waals surface area (Å²) in [4.78, 5) is 0.0469. The third-order valence-corrected chi connectivity index (χ3v) is 5.28. The molecule has 3 aromatic rings. The molecule has 3 heterocycles. The zero-order valence-corrected chi connectivity index (χ0v) is 13.8. The molecule has 2 N–H and O–H groups in total. The third kappa shape index (κ3) is 3.53. The van der Waals surface area contributed by atoms with Crippen molar-refractivity contribution in [3.8, 4) is 11.3 Å². The number of aliphatic hydroxyl groups excluding tert-OH is 1. The highest BCUT2D eigenvalue weighted by Gasteiger charge is 2.20. The number of sulfonamides is 1. The second-order valence-electron chi connectivity index (χ2n) is 4.93. The van der Waals surface area contributed by atoms with E-state index in [9.17, 15) is 13.5 Å². The summed E-state index contributed by atoms with van der Waals surface area (Å²) in [5.74, 6) is 0.940. The smallest absolute Gasteiger partial charge is 0.243 e. The maximum Gasteiger partial charge on any atom is 0.243 e. The average molecular weight is 353 g/mol. The van der Waals surface area contributed by atoms with Gasteiger partial charge in [0.2, 0.25) is 10.0 Å². The molecule has 3 aromatic heterocycles. The Morgan fingerprint density at radius 3 is 2.91 bits per heavy atom. The molecule has 0 bridgehead atoms. The van der Waals surface area contributed by atoms with Crippen molar-refractivity contribution in [2.75, 3.05) is 6.54 Å². The van der Waals surface area contributed by atoms with Gasteiger partial charge in [-0.15, -0.1) is 0 Å². The summed E-state index contributed by atoms with van der Waals surface area (Å²) in [6.07, 6.45) is 1.56. The summed E-state index contributed by atoms with van der Waals surface area (Å²) in [5.41, 5.74) is 0.921. The molecule has 1 atom stereocenters. The van der Waals surface area contributed by atoms with Gasteiger partial charge in [-0.3, -0.25) is 4.68 Å². The van der Waals surface area contributed by atoms with Crippen LogP contribution in [-0.4, -0.2) is 29.8 Å². The topological polar surface area (TPSA) is 97.4 Å². The fraction of sp³-hybridized carbons (Fsp3) is 0.214. The molecule has 0 aliphatic rings. The SMILES string of the molecule is Cn1cc(S(=O)(=O)NC[C@@H](O)c2ccc(-c3ccsc3)o2)cn1. The number of furan rings is 1. The predicted octanol–water partition coefficient (Wildman–Crippen LogP) is 1.75. The second kappa shape index (κ2) is 6.28. The van der Waals surface area contributed by atoms with Crippen LogP contribution in [0.25, 0.3) is 11.3 Å². The number of rotatable bonds is 6. The zero-order chi connectivity index (χ0) is 16.4. The Hall–Kier alpha value is -1.94. The van der Waals surface area contributed by atoms with Crippen molar-refractivity contribution < 1.29 is 17.9 Å². The van der Waals surface area contributed by atoms with E-state index in [1.165, 1.54) is 17.1 Å². The summed E-state index contributed by atoms with van der Waals surface area (Å²) in [6, 6.07) is 5.29. The summed E-state index contributed by atoms with van der Waals surface area (Å²) in [5, 5.41) is 17.8. The first-order valence-corrected chi connectivity index (χ1v) is 9.17. The maximum atomic E-state index is 12.1. The highest BCUT2D eigenvalue weighted by molar-refractivity contribution is 7.89. The predicted molar refractivity (Wildman–Crippen MR) is 85.4 cm³/mol. The Labute approximate surface area is 137 Å². The molecular formula is C14H15N3O4S2. The highest BCUT2D eigenvalue weighted by Crippen LogP contribution is 2.27. The highest BCUT2D eigenvalue weighted by atomic mass is 32.2. The first-order chi connectivity index (χ1) is 11.0. The molecule has 0 saturated carbocycles. The Kier molecular flexibility index (Phi) is 4.35. The molecule has 0 amide bonds. The molecule has 3 rings (SSSR count). The van der Waals surface area contributed by atoms with Gasteiger partial charge in [-0.05, 0) is 23.6 Å². The molecule has 0 unspecified atom stereocenters. The maximum absolute atomic E-state index is 12.1. The number of nitrogens with zero attached hydrogens (tertiary/aromatic N) is 2. The van der Waals surface area contributed by atoms with Gasteiger partial charge in [-0.1, -0.05) is 0 Å². The van der Waals surface area contributed by atoms with Crippen molar-refractivity contribution >= 4 is 21.4 Å². The summed E-state index contributed by atoms with van der Waals surface area (Å²) >= 11 is 1.54. The monoisotopic (exact) mass is 353 g/mol.